The van der Waals surface area contributed by atoms with Crippen molar-refractivity contribution in [3.8, 4) is 5.75 Å². The Morgan fingerprint density at radius 3 is 2.55 bits per heavy atom. The lowest BCUT2D eigenvalue weighted by Crippen LogP contribution is -2.37. The number of fused-ring (bicyclic) bond motifs is 1. The minimum absolute atomic E-state index is 0.0732. The summed E-state index contributed by atoms with van der Waals surface area (Å²) >= 11 is 1.38. The van der Waals surface area contributed by atoms with Crippen molar-refractivity contribution in [3.05, 3.63) is 60.2 Å². The Hall–Kier alpha value is -2.32. The van der Waals surface area contributed by atoms with E-state index >= 15 is 0 Å². The first kappa shape index (κ1) is 20.0. The van der Waals surface area contributed by atoms with Crippen LogP contribution in [0.15, 0.2) is 59.6 Å². The fourth-order valence-corrected chi connectivity index (χ4v) is 7.58. The van der Waals surface area contributed by atoms with E-state index in [1.807, 2.05) is 66.4 Å². The molecule has 2 heterocycles. The third-order valence-electron chi connectivity index (χ3n) is 4.91. The number of ether oxygens (including phenoxy) is 1. The molecule has 0 spiro atoms. The summed E-state index contributed by atoms with van der Waals surface area (Å²) in [6.45, 7) is 2.49. The molecule has 8 heteroatoms. The summed E-state index contributed by atoms with van der Waals surface area (Å²) < 4.78 is 29.8. The zero-order chi connectivity index (χ0) is 20.4. The Bertz CT molecular complexity index is 1020. The van der Waals surface area contributed by atoms with Gasteiger partial charge in [0.1, 0.15) is 5.75 Å². The van der Waals surface area contributed by atoms with Gasteiger partial charge in [0.25, 0.3) is 5.91 Å². The van der Waals surface area contributed by atoms with Crippen LogP contribution in [0.2, 0.25) is 0 Å². The molecule has 0 aliphatic carbocycles. The van der Waals surface area contributed by atoms with Gasteiger partial charge in [-0.15, -0.1) is 0 Å². The van der Waals surface area contributed by atoms with Crippen LogP contribution in [0, 0.1) is 0 Å². The molecule has 0 aromatic heterocycles. The van der Waals surface area contributed by atoms with Crippen LogP contribution in [0.4, 0.5) is 5.69 Å². The standard InChI is InChI=1S/C21H22N2O4S2/c1-2-27-17-10-8-16(9-11-17)23-18-13-29(25,26)14-19(18)28-21(23)22-20(24)12-15-6-4-3-5-7-15/h3-11,18-19H,2,12-14H2,1H3. The lowest BCUT2D eigenvalue weighted by Gasteiger charge is -2.24. The van der Waals surface area contributed by atoms with Crippen molar-refractivity contribution in [2.75, 3.05) is 23.0 Å². The third-order valence-corrected chi connectivity index (χ3v) is 8.12. The maximum Gasteiger partial charge on any atom is 0.252 e. The van der Waals surface area contributed by atoms with Gasteiger partial charge in [0.2, 0.25) is 0 Å². The molecule has 0 bridgehead atoms. The largest absolute Gasteiger partial charge is 0.494 e. The van der Waals surface area contributed by atoms with Crippen LogP contribution in [-0.4, -0.2) is 48.9 Å². The van der Waals surface area contributed by atoms with Gasteiger partial charge in [-0.25, -0.2) is 8.42 Å². The molecule has 2 unspecified atom stereocenters. The smallest absolute Gasteiger partial charge is 0.252 e. The van der Waals surface area contributed by atoms with Gasteiger partial charge in [-0.05, 0) is 36.8 Å². The van der Waals surface area contributed by atoms with Gasteiger partial charge in [0, 0.05) is 10.9 Å². The summed E-state index contributed by atoms with van der Waals surface area (Å²) in [6.07, 6.45) is 0.218. The average Bonchev–Trinajstić information content (AvgIpc) is 3.14. The SMILES string of the molecule is CCOc1ccc(N2C(=NC(=O)Cc3ccccc3)SC3CS(=O)(=O)CC32)cc1. The van der Waals surface area contributed by atoms with E-state index in [1.54, 1.807) is 0 Å². The van der Waals surface area contributed by atoms with Crippen molar-refractivity contribution in [1.29, 1.82) is 0 Å². The van der Waals surface area contributed by atoms with E-state index in [0.29, 0.717) is 11.8 Å². The highest BCUT2D eigenvalue weighted by Crippen LogP contribution is 2.41. The second-order valence-corrected chi connectivity index (χ2v) is 10.4. The molecule has 2 aliphatic rings. The molecule has 0 radical (unpaired) electrons. The van der Waals surface area contributed by atoms with E-state index in [9.17, 15) is 13.2 Å². The summed E-state index contributed by atoms with van der Waals surface area (Å²) in [7, 11) is -3.09. The second-order valence-electron chi connectivity index (χ2n) is 7.05. The zero-order valence-electron chi connectivity index (χ0n) is 16.0. The zero-order valence-corrected chi connectivity index (χ0v) is 17.7. The normalized spacial score (nSPS) is 23.9. The van der Waals surface area contributed by atoms with Crippen LogP contribution >= 0.6 is 11.8 Å². The van der Waals surface area contributed by atoms with Crippen LogP contribution in [0.3, 0.4) is 0 Å². The number of aliphatic imine (C=N–C) groups is 1. The minimum Gasteiger partial charge on any atom is -0.494 e. The molecule has 2 aliphatic heterocycles. The molecular formula is C21H22N2O4S2. The number of benzene rings is 2. The number of amidine groups is 1. The summed E-state index contributed by atoms with van der Waals surface area (Å²) in [5, 5.41) is 0.454. The van der Waals surface area contributed by atoms with Crippen molar-refractivity contribution in [1.82, 2.24) is 0 Å². The van der Waals surface area contributed by atoms with Gasteiger partial charge >= 0.3 is 0 Å². The molecule has 2 saturated heterocycles. The van der Waals surface area contributed by atoms with Gasteiger partial charge in [0.15, 0.2) is 15.0 Å². The number of thioether (sulfide) groups is 1. The minimum atomic E-state index is -3.09. The van der Waals surface area contributed by atoms with E-state index in [2.05, 4.69) is 4.99 Å². The topological polar surface area (TPSA) is 76.0 Å². The molecule has 152 valence electrons. The number of sulfone groups is 1. The maximum absolute atomic E-state index is 12.6. The molecule has 0 N–H and O–H groups in total. The first-order valence-electron chi connectivity index (χ1n) is 9.50. The summed E-state index contributed by atoms with van der Waals surface area (Å²) in [5.74, 6) is 0.695. The molecule has 0 saturated carbocycles. The average molecular weight is 431 g/mol. The lowest BCUT2D eigenvalue weighted by atomic mass is 10.1. The van der Waals surface area contributed by atoms with Gasteiger partial charge in [-0.3, -0.25) is 4.79 Å². The van der Waals surface area contributed by atoms with Crippen LogP contribution in [0.5, 0.6) is 5.75 Å². The molecule has 2 atom stereocenters. The van der Waals surface area contributed by atoms with E-state index < -0.39 is 9.84 Å². The molecule has 4 rings (SSSR count). The maximum atomic E-state index is 12.6. The van der Waals surface area contributed by atoms with Gasteiger partial charge in [0.05, 0.1) is 30.6 Å². The molecule has 2 fully saturated rings. The third kappa shape index (κ3) is 4.48. The summed E-state index contributed by atoms with van der Waals surface area (Å²) in [4.78, 5) is 18.8. The number of amides is 1. The van der Waals surface area contributed by atoms with Crippen LogP contribution in [-0.2, 0) is 21.1 Å². The fourth-order valence-electron chi connectivity index (χ4n) is 3.65. The highest BCUT2D eigenvalue weighted by Gasteiger charge is 2.49. The Balaban J connectivity index is 1.62. The number of carbonyl (C=O) groups excluding carboxylic acids is 1. The predicted octanol–water partition coefficient (Wildman–Crippen LogP) is 2.93. The first-order valence-corrected chi connectivity index (χ1v) is 12.2. The predicted molar refractivity (Wildman–Crippen MR) is 116 cm³/mol. The Morgan fingerprint density at radius 2 is 1.86 bits per heavy atom. The Labute approximate surface area is 174 Å². The number of nitrogens with zero attached hydrogens (tertiary/aromatic N) is 2. The highest BCUT2D eigenvalue weighted by molar-refractivity contribution is 8.16. The quantitative estimate of drug-likeness (QED) is 0.726. The lowest BCUT2D eigenvalue weighted by molar-refractivity contribution is -0.117. The van der Waals surface area contributed by atoms with Crippen LogP contribution < -0.4 is 9.64 Å². The van der Waals surface area contributed by atoms with Gasteiger partial charge in [-0.2, -0.15) is 4.99 Å². The van der Waals surface area contributed by atoms with E-state index in [1.165, 1.54) is 11.8 Å². The summed E-state index contributed by atoms with van der Waals surface area (Å²) in [6, 6.07) is 16.7. The number of hydrogen-bond donors (Lipinski definition) is 0. The van der Waals surface area contributed by atoms with E-state index in [-0.39, 0.29) is 35.1 Å². The first-order chi connectivity index (χ1) is 13.9. The van der Waals surface area contributed by atoms with Crippen molar-refractivity contribution < 1.29 is 17.9 Å². The van der Waals surface area contributed by atoms with Crippen LogP contribution in [0.25, 0.3) is 0 Å². The van der Waals surface area contributed by atoms with Gasteiger partial charge < -0.3 is 9.64 Å². The van der Waals surface area contributed by atoms with Gasteiger partial charge in [-0.1, -0.05) is 42.1 Å². The molecule has 6 nitrogen and oxygen atoms in total. The fraction of sp³-hybridized carbons (Fsp3) is 0.333. The number of hydrogen-bond acceptors (Lipinski definition) is 5. The van der Waals surface area contributed by atoms with Crippen molar-refractivity contribution in [2.24, 2.45) is 4.99 Å². The Morgan fingerprint density at radius 1 is 1.14 bits per heavy atom. The highest BCUT2D eigenvalue weighted by atomic mass is 32.2. The molecule has 1 amide bonds. The van der Waals surface area contributed by atoms with Crippen molar-refractivity contribution >= 4 is 38.4 Å². The van der Waals surface area contributed by atoms with E-state index in [0.717, 1.165) is 17.0 Å². The van der Waals surface area contributed by atoms with Crippen LogP contribution in [0.1, 0.15) is 12.5 Å². The summed E-state index contributed by atoms with van der Waals surface area (Å²) in [5.41, 5.74) is 1.72. The van der Waals surface area contributed by atoms with Crippen molar-refractivity contribution in [3.63, 3.8) is 0 Å². The molecule has 29 heavy (non-hydrogen) atoms. The van der Waals surface area contributed by atoms with Crippen molar-refractivity contribution in [2.45, 2.75) is 24.6 Å². The molecule has 2 aromatic rings. The second kappa shape index (κ2) is 8.20. The number of carbonyl (C=O) groups is 1. The number of rotatable bonds is 5. The van der Waals surface area contributed by atoms with E-state index in [4.69, 9.17) is 4.74 Å². The molecular weight excluding hydrogens is 408 g/mol. The Kier molecular flexibility index (Phi) is 5.65. The number of anilines is 1. The molecule has 2 aromatic carbocycles. The monoisotopic (exact) mass is 430 g/mol.